The molecule has 6 aromatic carbocycles. The summed E-state index contributed by atoms with van der Waals surface area (Å²) >= 11 is 0. The van der Waals surface area contributed by atoms with E-state index in [4.69, 9.17) is 9.97 Å². The smallest absolute Gasteiger partial charge is 0.167 e. The molecule has 0 atom stereocenters. The second-order valence-corrected chi connectivity index (χ2v) is 13.2. The molecule has 0 aliphatic carbocycles. The van der Waals surface area contributed by atoms with Gasteiger partial charge in [-0.2, -0.15) is 10.5 Å². The molecule has 7 heteroatoms. The van der Waals surface area contributed by atoms with Gasteiger partial charge in [-0.05, 0) is 60.5 Å². The fraction of sp³-hybridized carbons (Fsp3) is 0.0204. The van der Waals surface area contributed by atoms with E-state index >= 15 is 0 Å². The summed E-state index contributed by atoms with van der Waals surface area (Å²) in [5.41, 5.74) is 9.53. The van der Waals surface area contributed by atoms with Crippen molar-refractivity contribution < 1.29 is 0 Å². The summed E-state index contributed by atoms with van der Waals surface area (Å²) in [5, 5.41) is 29.6. The normalized spacial score (nSPS) is 11.4. The first-order chi connectivity index (χ1) is 27.6. The van der Waals surface area contributed by atoms with Gasteiger partial charge in [0.1, 0.15) is 5.69 Å². The first kappa shape index (κ1) is 35.1. The molecular weight excluding hydrogens is 687 g/mol. The van der Waals surface area contributed by atoms with Crippen LogP contribution >= 0.6 is 0 Å². The molecule has 0 amide bonds. The summed E-state index contributed by atoms with van der Waals surface area (Å²) < 4.78 is 2.16. The molecule has 7 nitrogen and oxygen atoms in total. The van der Waals surface area contributed by atoms with E-state index in [9.17, 15) is 10.5 Å². The highest BCUT2D eigenvalue weighted by atomic mass is 15.2. The molecule has 0 spiro atoms. The molecule has 0 unspecified atom stereocenters. The van der Waals surface area contributed by atoms with Gasteiger partial charge < -0.3 is 10.6 Å². The van der Waals surface area contributed by atoms with Crippen molar-refractivity contribution in [3.05, 3.63) is 193 Å². The Hall–Kier alpha value is -8.00. The molecule has 2 heterocycles. The Morgan fingerprint density at radius 3 is 1.93 bits per heavy atom. The van der Waals surface area contributed by atoms with Crippen LogP contribution in [-0.2, 0) is 0 Å². The molecule has 0 fully saturated rings. The van der Waals surface area contributed by atoms with Crippen LogP contribution in [0, 0.1) is 22.7 Å². The minimum Gasteiger partial charge on any atom is -0.349 e. The van der Waals surface area contributed by atoms with Crippen molar-refractivity contribution in [2.75, 3.05) is 10.6 Å². The number of hydrogen-bond donors (Lipinski definition) is 2. The number of para-hydroxylation sites is 4. The van der Waals surface area contributed by atoms with Gasteiger partial charge >= 0.3 is 0 Å². The summed E-state index contributed by atoms with van der Waals surface area (Å²) in [6.45, 7) is 5.87. The average molecular weight is 722 g/mol. The van der Waals surface area contributed by atoms with Gasteiger partial charge in [-0.3, -0.25) is 4.57 Å². The number of benzene rings is 6. The number of nitrogens with one attached hydrogen (secondary N) is 2. The fourth-order valence-electron chi connectivity index (χ4n) is 7.01. The maximum absolute atomic E-state index is 9.97. The van der Waals surface area contributed by atoms with Crippen LogP contribution in [0.15, 0.2) is 176 Å². The van der Waals surface area contributed by atoms with Crippen molar-refractivity contribution in [3.8, 4) is 40.5 Å². The minimum absolute atomic E-state index is 0.341. The Bertz CT molecular complexity index is 2840. The van der Waals surface area contributed by atoms with E-state index < -0.39 is 0 Å². The Morgan fingerprint density at radius 1 is 0.643 bits per heavy atom. The third-order valence-corrected chi connectivity index (χ3v) is 9.60. The topological polar surface area (TPSA) is 102 Å². The number of hydrogen-bond acceptors (Lipinski definition) is 6. The number of anilines is 4. The first-order valence-electron chi connectivity index (χ1n) is 18.2. The van der Waals surface area contributed by atoms with Crippen LogP contribution in [0.3, 0.4) is 0 Å². The lowest BCUT2D eigenvalue weighted by Crippen LogP contribution is -2.11. The van der Waals surface area contributed by atoms with E-state index in [-0.39, 0.29) is 0 Å². The average Bonchev–Trinajstić information content (AvgIpc) is 3.59. The molecule has 2 N–H and O–H groups in total. The fourth-order valence-corrected chi connectivity index (χ4v) is 7.01. The Morgan fingerprint density at radius 2 is 1.25 bits per heavy atom. The first-order valence-corrected chi connectivity index (χ1v) is 18.2. The third kappa shape index (κ3) is 6.80. The molecule has 0 radical (unpaired) electrons. The van der Waals surface area contributed by atoms with Gasteiger partial charge in [0.25, 0.3) is 0 Å². The lowest BCUT2D eigenvalue weighted by Gasteiger charge is -2.22. The summed E-state index contributed by atoms with van der Waals surface area (Å²) in [4.78, 5) is 10.6. The number of fused-ring (bicyclic) bond motifs is 3. The highest BCUT2D eigenvalue weighted by molar-refractivity contribution is 6.10. The number of nitriles is 2. The van der Waals surface area contributed by atoms with Crippen LogP contribution in [-0.4, -0.2) is 14.5 Å². The summed E-state index contributed by atoms with van der Waals surface area (Å²) in [7, 11) is 0. The molecule has 0 saturated carbocycles. The zero-order valence-electron chi connectivity index (χ0n) is 30.6. The molecule has 0 aliphatic rings. The van der Waals surface area contributed by atoms with Crippen molar-refractivity contribution in [1.29, 1.82) is 10.5 Å². The molecule has 56 heavy (non-hydrogen) atoms. The summed E-state index contributed by atoms with van der Waals surface area (Å²) in [6.07, 6.45) is 7.65. The lowest BCUT2D eigenvalue weighted by atomic mass is 10.0. The van der Waals surface area contributed by atoms with Crippen LogP contribution < -0.4 is 10.6 Å². The van der Waals surface area contributed by atoms with E-state index in [0.717, 1.165) is 55.4 Å². The second-order valence-electron chi connectivity index (χ2n) is 13.2. The van der Waals surface area contributed by atoms with Crippen LogP contribution in [0.1, 0.15) is 23.6 Å². The van der Waals surface area contributed by atoms with E-state index in [1.54, 1.807) is 24.3 Å². The number of aromatic nitrogens is 3. The highest BCUT2D eigenvalue weighted by Gasteiger charge is 2.24. The van der Waals surface area contributed by atoms with Gasteiger partial charge in [-0.15, -0.1) is 0 Å². The number of allylic oxidation sites excluding steroid dienone is 5. The Labute approximate surface area is 325 Å². The maximum atomic E-state index is 9.97. The highest BCUT2D eigenvalue weighted by Crippen LogP contribution is 2.41. The van der Waals surface area contributed by atoms with Crippen LogP contribution in [0.25, 0.3) is 55.7 Å². The van der Waals surface area contributed by atoms with Crippen molar-refractivity contribution in [3.63, 3.8) is 0 Å². The monoisotopic (exact) mass is 721 g/mol. The predicted molar refractivity (Wildman–Crippen MR) is 229 cm³/mol. The van der Waals surface area contributed by atoms with Gasteiger partial charge in [0.2, 0.25) is 0 Å². The van der Waals surface area contributed by atoms with Crippen molar-refractivity contribution in [2.24, 2.45) is 0 Å². The number of nitrogens with zero attached hydrogens (tertiary/aromatic N) is 5. The van der Waals surface area contributed by atoms with Crippen LogP contribution in [0.4, 0.5) is 22.9 Å². The zero-order chi connectivity index (χ0) is 38.4. The summed E-state index contributed by atoms with van der Waals surface area (Å²) in [5.74, 6) is 1.42. The molecule has 0 bridgehead atoms. The summed E-state index contributed by atoms with van der Waals surface area (Å²) in [6, 6.07) is 52.5. The molecule has 0 aliphatic heterocycles. The number of rotatable bonds is 10. The van der Waals surface area contributed by atoms with Gasteiger partial charge in [0, 0.05) is 38.8 Å². The van der Waals surface area contributed by atoms with E-state index in [1.165, 1.54) is 0 Å². The van der Waals surface area contributed by atoms with Gasteiger partial charge in [0.05, 0.1) is 34.3 Å². The van der Waals surface area contributed by atoms with Gasteiger partial charge in [0.15, 0.2) is 17.5 Å². The van der Waals surface area contributed by atoms with Crippen LogP contribution in [0.5, 0.6) is 0 Å². The molecule has 8 aromatic rings. The Balaban J connectivity index is 1.46. The largest absolute Gasteiger partial charge is 0.349 e. The second kappa shape index (κ2) is 15.5. The van der Waals surface area contributed by atoms with Crippen molar-refractivity contribution >= 4 is 50.3 Å². The standard InChI is InChI=1S/C49H35N7/c1-3-4-6-17-33(2)38-20-9-13-24-42(38)53-48-46(52-43-25-14-10-21-39(43)36-18-7-5-8-19-36)49(55-47(54-48)37-29-34(31-50)28-35(30-37)32-51)56-44-26-15-11-22-40(44)41-23-12-16-27-45(41)56/h3-30,52H,1H2,2H3,(H,53,54,55)/b6-4-,33-17+. The molecule has 2 aromatic heterocycles. The lowest BCUT2D eigenvalue weighted by molar-refractivity contribution is 1.05. The van der Waals surface area contributed by atoms with E-state index in [0.29, 0.717) is 39.8 Å². The van der Waals surface area contributed by atoms with Crippen molar-refractivity contribution in [1.82, 2.24) is 14.5 Å². The zero-order valence-corrected chi connectivity index (χ0v) is 30.6. The predicted octanol–water partition coefficient (Wildman–Crippen LogP) is 12.3. The van der Waals surface area contributed by atoms with E-state index in [2.05, 4.69) is 95.4 Å². The van der Waals surface area contributed by atoms with E-state index in [1.807, 2.05) is 91.0 Å². The minimum atomic E-state index is 0.341. The SMILES string of the molecule is C=C/C=C\C=C(/C)c1ccccc1Nc1nc(-c2cc(C#N)cc(C#N)c2)nc(-n2c3ccccc3c3ccccc32)c1Nc1ccccc1-c1ccccc1. The molecule has 266 valence electrons. The van der Waals surface area contributed by atoms with Gasteiger partial charge in [-0.25, -0.2) is 9.97 Å². The quantitative estimate of drug-likeness (QED) is 0.136. The molecule has 0 saturated heterocycles. The molecular formula is C49H35N7. The Kier molecular flexibility index (Phi) is 9.73. The van der Waals surface area contributed by atoms with Crippen LogP contribution in [0.2, 0.25) is 0 Å². The maximum Gasteiger partial charge on any atom is 0.167 e. The van der Waals surface area contributed by atoms with Gasteiger partial charge in [-0.1, -0.05) is 134 Å². The molecule has 8 rings (SSSR count). The van der Waals surface area contributed by atoms with Crippen molar-refractivity contribution in [2.45, 2.75) is 6.92 Å². The third-order valence-electron chi connectivity index (χ3n) is 9.60.